The molecule has 7 nitrogen and oxygen atoms in total. The van der Waals surface area contributed by atoms with E-state index in [-0.39, 0.29) is 12.8 Å². The summed E-state index contributed by atoms with van der Waals surface area (Å²) >= 11 is 3.73. The largest absolute Gasteiger partial charge is 0.493 e. The quantitative estimate of drug-likeness (QED) is 0.665. The zero-order valence-corrected chi connectivity index (χ0v) is 18.7. The predicted molar refractivity (Wildman–Crippen MR) is 111 cm³/mol. The van der Waals surface area contributed by atoms with Crippen LogP contribution in [0.25, 0.3) is 0 Å². The lowest BCUT2D eigenvalue weighted by Crippen LogP contribution is -2.33. The molecule has 8 heteroatoms. The first kappa shape index (κ1) is 20.0. The molecule has 0 spiro atoms. The van der Waals surface area contributed by atoms with E-state index in [1.807, 2.05) is 12.1 Å². The minimum Gasteiger partial charge on any atom is -0.493 e. The fourth-order valence-electron chi connectivity index (χ4n) is 4.18. The third-order valence-electron chi connectivity index (χ3n) is 5.49. The number of nitrogens with zero attached hydrogens (tertiary/aromatic N) is 1. The van der Waals surface area contributed by atoms with Crippen molar-refractivity contribution in [1.82, 2.24) is 4.90 Å². The fraction of sp³-hybridized carbons (Fsp3) is 0.429. The molecule has 0 bridgehead atoms. The van der Waals surface area contributed by atoms with Crippen molar-refractivity contribution in [3.05, 3.63) is 33.3 Å². The summed E-state index contributed by atoms with van der Waals surface area (Å²) in [5.74, 6) is 3.82. The topological polar surface area (TPSA) is 58.6 Å². The molecule has 2 aromatic rings. The Bertz CT molecular complexity index is 922. The summed E-state index contributed by atoms with van der Waals surface area (Å²) in [4.78, 5) is 2.28. The van der Waals surface area contributed by atoms with Crippen LogP contribution < -0.4 is 28.4 Å². The van der Waals surface area contributed by atoms with Crippen molar-refractivity contribution in [2.24, 2.45) is 0 Å². The number of fused-ring (bicyclic) bond motifs is 2. The highest BCUT2D eigenvalue weighted by molar-refractivity contribution is 9.10. The summed E-state index contributed by atoms with van der Waals surface area (Å²) in [5.41, 5.74) is 3.21. The van der Waals surface area contributed by atoms with Crippen molar-refractivity contribution in [3.8, 4) is 34.5 Å². The van der Waals surface area contributed by atoms with Crippen LogP contribution in [0.5, 0.6) is 34.5 Å². The molecule has 29 heavy (non-hydrogen) atoms. The van der Waals surface area contributed by atoms with Crippen LogP contribution in [0.15, 0.2) is 16.6 Å². The lowest BCUT2D eigenvalue weighted by Gasteiger charge is -2.37. The van der Waals surface area contributed by atoms with E-state index in [4.69, 9.17) is 28.4 Å². The molecule has 1 atom stereocenters. The third-order valence-corrected chi connectivity index (χ3v) is 6.33. The first-order valence-electron chi connectivity index (χ1n) is 9.23. The van der Waals surface area contributed by atoms with E-state index in [9.17, 15) is 0 Å². The molecule has 0 saturated carbocycles. The molecule has 0 radical (unpaired) electrons. The van der Waals surface area contributed by atoms with Crippen molar-refractivity contribution in [3.63, 3.8) is 0 Å². The maximum absolute atomic E-state index is 5.83. The second-order valence-electron chi connectivity index (χ2n) is 6.90. The molecule has 0 fully saturated rings. The molecular weight excluding hydrogens is 442 g/mol. The van der Waals surface area contributed by atoms with Crippen LogP contribution in [-0.4, -0.2) is 53.7 Å². The maximum atomic E-state index is 5.83. The summed E-state index contributed by atoms with van der Waals surface area (Å²) in [5, 5.41) is 0. The molecule has 0 aliphatic carbocycles. The minimum atomic E-state index is -0.0896. The number of hydrogen-bond acceptors (Lipinski definition) is 7. The normalized spacial score (nSPS) is 17.7. The van der Waals surface area contributed by atoms with Gasteiger partial charge in [0.2, 0.25) is 18.3 Å². The van der Waals surface area contributed by atoms with Crippen LogP contribution in [0, 0.1) is 0 Å². The molecule has 2 aliphatic heterocycles. The summed E-state index contributed by atoms with van der Waals surface area (Å²) < 4.78 is 34.8. The molecule has 2 aromatic carbocycles. The smallest absolute Gasteiger partial charge is 0.231 e. The molecule has 4 rings (SSSR count). The number of likely N-dealkylation sites (N-methyl/N-ethyl adjacent to an activating group) is 1. The SMILES string of the molecule is COc1cc(C2c3c(c(Br)c4c(c3OC)OCO4)CCN2C)cc(OC)c1OC. The molecule has 2 aliphatic rings. The molecule has 2 heterocycles. The number of methoxy groups -OCH3 is 4. The second-order valence-corrected chi connectivity index (χ2v) is 7.69. The number of benzene rings is 2. The molecular formula is C21H24BrNO6. The molecule has 156 valence electrons. The first-order chi connectivity index (χ1) is 14.0. The highest BCUT2D eigenvalue weighted by atomic mass is 79.9. The molecule has 1 unspecified atom stereocenters. The molecule has 0 aromatic heterocycles. The zero-order valence-electron chi connectivity index (χ0n) is 17.1. The second kappa shape index (κ2) is 7.84. The maximum Gasteiger partial charge on any atom is 0.231 e. The Kier molecular flexibility index (Phi) is 5.40. The average Bonchev–Trinajstić information content (AvgIpc) is 3.23. The van der Waals surface area contributed by atoms with E-state index in [1.165, 1.54) is 0 Å². The van der Waals surface area contributed by atoms with Crippen molar-refractivity contribution < 1.29 is 28.4 Å². The van der Waals surface area contributed by atoms with Gasteiger partial charge in [0, 0.05) is 12.1 Å². The lowest BCUT2D eigenvalue weighted by atomic mass is 9.87. The van der Waals surface area contributed by atoms with Gasteiger partial charge in [-0.2, -0.15) is 0 Å². The Hall–Kier alpha value is -2.32. The minimum absolute atomic E-state index is 0.0896. The summed E-state index contributed by atoms with van der Waals surface area (Å²) in [6.07, 6.45) is 0.861. The van der Waals surface area contributed by atoms with Gasteiger partial charge in [-0.15, -0.1) is 0 Å². The van der Waals surface area contributed by atoms with Gasteiger partial charge < -0.3 is 28.4 Å². The van der Waals surface area contributed by atoms with Gasteiger partial charge in [-0.05, 0) is 52.7 Å². The fourth-order valence-corrected chi connectivity index (χ4v) is 4.89. The Morgan fingerprint density at radius 2 is 1.55 bits per heavy atom. The van der Waals surface area contributed by atoms with E-state index < -0.39 is 0 Å². The van der Waals surface area contributed by atoms with Crippen molar-refractivity contribution in [2.75, 3.05) is 48.8 Å². The van der Waals surface area contributed by atoms with Crippen molar-refractivity contribution >= 4 is 15.9 Å². The van der Waals surface area contributed by atoms with E-state index in [0.29, 0.717) is 34.5 Å². The Labute approximate surface area is 178 Å². The standard InChI is InChI=1S/C21H24BrNO6/c1-23-7-6-12-15(19(27-5)21-20(16(12)22)28-10-29-21)17(23)11-8-13(24-2)18(26-4)14(9-11)25-3/h8-9,17H,6-7,10H2,1-5H3. The number of hydrogen-bond donors (Lipinski definition) is 0. The van der Waals surface area contributed by atoms with E-state index >= 15 is 0 Å². The number of halogens is 1. The van der Waals surface area contributed by atoms with Gasteiger partial charge >= 0.3 is 0 Å². The van der Waals surface area contributed by atoms with Gasteiger partial charge in [0.15, 0.2) is 23.0 Å². The third kappa shape index (κ3) is 3.05. The molecule has 0 amide bonds. The van der Waals surface area contributed by atoms with Crippen molar-refractivity contribution in [1.29, 1.82) is 0 Å². The average molecular weight is 466 g/mol. The Morgan fingerprint density at radius 3 is 2.14 bits per heavy atom. The molecule has 0 saturated heterocycles. The highest BCUT2D eigenvalue weighted by Crippen LogP contribution is 2.55. The Morgan fingerprint density at radius 1 is 0.931 bits per heavy atom. The van der Waals surface area contributed by atoms with Gasteiger partial charge in [-0.3, -0.25) is 4.90 Å². The van der Waals surface area contributed by atoms with Gasteiger partial charge in [0.1, 0.15) is 0 Å². The van der Waals surface area contributed by atoms with Crippen molar-refractivity contribution in [2.45, 2.75) is 12.5 Å². The van der Waals surface area contributed by atoms with Crippen LogP contribution in [-0.2, 0) is 6.42 Å². The number of ether oxygens (including phenoxy) is 6. The van der Waals surface area contributed by atoms with E-state index in [1.54, 1.807) is 28.4 Å². The van der Waals surface area contributed by atoms with E-state index in [0.717, 1.165) is 34.1 Å². The van der Waals surface area contributed by atoms with Crippen LogP contribution >= 0.6 is 15.9 Å². The van der Waals surface area contributed by atoms with Gasteiger partial charge in [0.05, 0.1) is 39.0 Å². The monoisotopic (exact) mass is 465 g/mol. The van der Waals surface area contributed by atoms with E-state index in [2.05, 4.69) is 27.9 Å². The van der Waals surface area contributed by atoms with Crippen LogP contribution in [0.1, 0.15) is 22.7 Å². The van der Waals surface area contributed by atoms with Gasteiger partial charge in [0.25, 0.3) is 0 Å². The van der Waals surface area contributed by atoms with Gasteiger partial charge in [-0.1, -0.05) is 0 Å². The predicted octanol–water partition coefficient (Wildman–Crippen LogP) is 3.79. The summed E-state index contributed by atoms with van der Waals surface area (Å²) in [6, 6.07) is 3.87. The van der Waals surface area contributed by atoms with Crippen LogP contribution in [0.4, 0.5) is 0 Å². The summed E-state index contributed by atoms with van der Waals surface area (Å²) in [7, 11) is 8.59. The zero-order chi connectivity index (χ0) is 20.7. The van der Waals surface area contributed by atoms with Crippen LogP contribution in [0.3, 0.4) is 0 Å². The number of rotatable bonds is 5. The highest BCUT2D eigenvalue weighted by Gasteiger charge is 2.38. The van der Waals surface area contributed by atoms with Crippen LogP contribution in [0.2, 0.25) is 0 Å². The summed E-state index contributed by atoms with van der Waals surface area (Å²) in [6.45, 7) is 1.05. The molecule has 0 N–H and O–H groups in total. The van der Waals surface area contributed by atoms with Gasteiger partial charge in [-0.25, -0.2) is 0 Å². The first-order valence-corrected chi connectivity index (χ1v) is 10.0. The Balaban J connectivity index is 1.97. The lowest BCUT2D eigenvalue weighted by molar-refractivity contribution is 0.170.